The predicted molar refractivity (Wildman–Crippen MR) is 110 cm³/mol. The molecule has 0 radical (unpaired) electrons. The van der Waals surface area contributed by atoms with Crippen molar-refractivity contribution < 1.29 is 4.79 Å². The van der Waals surface area contributed by atoms with Gasteiger partial charge in [0.1, 0.15) is 0 Å². The first-order chi connectivity index (χ1) is 11.1. The number of anilines is 1. The van der Waals surface area contributed by atoms with E-state index in [1.165, 1.54) is 5.56 Å². The zero-order chi connectivity index (χ0) is 16.7. The number of nitrogens with two attached hydrogens (primary N) is 1. The molecule has 138 valence electrons. The first-order valence-electron chi connectivity index (χ1n) is 7.95. The molecule has 4 nitrogen and oxygen atoms in total. The molecule has 6 heteroatoms. The van der Waals surface area contributed by atoms with E-state index in [0.717, 1.165) is 13.0 Å². The maximum Gasteiger partial charge on any atom is 0.253 e. The number of hydrogen-bond acceptors (Lipinski definition) is 3. The predicted octanol–water partition coefficient (Wildman–Crippen LogP) is 3.75. The number of nitrogens with zero attached hydrogens (tertiary/aromatic N) is 1. The molecular weight excluding hydrogens is 357 g/mol. The molecule has 0 saturated carbocycles. The summed E-state index contributed by atoms with van der Waals surface area (Å²) in [4.78, 5) is 14.4. The molecule has 0 aliphatic carbocycles. The highest BCUT2D eigenvalue weighted by molar-refractivity contribution is 5.99. The second-order valence-electron chi connectivity index (χ2n) is 5.88. The Morgan fingerprint density at radius 3 is 2.32 bits per heavy atom. The van der Waals surface area contributed by atoms with Gasteiger partial charge in [0.25, 0.3) is 5.91 Å². The fourth-order valence-electron chi connectivity index (χ4n) is 2.44. The van der Waals surface area contributed by atoms with Gasteiger partial charge in [-0.1, -0.05) is 42.5 Å². The van der Waals surface area contributed by atoms with E-state index < -0.39 is 0 Å². The van der Waals surface area contributed by atoms with Gasteiger partial charge in [-0.3, -0.25) is 9.69 Å². The lowest BCUT2D eigenvalue weighted by Crippen LogP contribution is -2.33. The highest BCUT2D eigenvalue weighted by Gasteiger charge is 2.12. The lowest BCUT2D eigenvalue weighted by Gasteiger charge is -2.25. The van der Waals surface area contributed by atoms with Crippen LogP contribution in [0.5, 0.6) is 0 Å². The van der Waals surface area contributed by atoms with E-state index in [0.29, 0.717) is 23.8 Å². The van der Waals surface area contributed by atoms with Crippen LogP contribution in [-0.2, 0) is 6.54 Å². The Labute approximate surface area is 162 Å². The molecule has 2 aromatic carbocycles. The fraction of sp³-hybridized carbons (Fsp3) is 0.316. The SMILES string of the molecule is CC(CCNC(=O)c1ccccc1N)N(C)Cc1ccccc1.Cl.Cl. The molecule has 0 saturated heterocycles. The first kappa shape index (κ1) is 23.2. The number of carbonyl (C=O) groups is 1. The molecule has 0 spiro atoms. The van der Waals surface area contributed by atoms with Crippen molar-refractivity contribution in [2.75, 3.05) is 19.3 Å². The Kier molecular flexibility index (Phi) is 10.9. The van der Waals surface area contributed by atoms with Crippen LogP contribution >= 0.6 is 24.8 Å². The van der Waals surface area contributed by atoms with E-state index >= 15 is 0 Å². The molecule has 0 aliphatic heterocycles. The minimum atomic E-state index is -0.110. The Hall–Kier alpha value is -1.75. The lowest BCUT2D eigenvalue weighted by atomic mass is 10.1. The van der Waals surface area contributed by atoms with E-state index in [1.54, 1.807) is 12.1 Å². The number of benzene rings is 2. The highest BCUT2D eigenvalue weighted by atomic mass is 35.5. The maximum absolute atomic E-state index is 12.1. The summed E-state index contributed by atoms with van der Waals surface area (Å²) in [5, 5.41) is 2.94. The van der Waals surface area contributed by atoms with Gasteiger partial charge in [-0.05, 0) is 38.1 Å². The molecule has 0 heterocycles. The third-order valence-electron chi connectivity index (χ3n) is 4.08. The van der Waals surface area contributed by atoms with Gasteiger partial charge < -0.3 is 11.1 Å². The van der Waals surface area contributed by atoms with Gasteiger partial charge in [0.05, 0.1) is 5.56 Å². The number of amides is 1. The van der Waals surface area contributed by atoms with E-state index in [1.807, 2.05) is 18.2 Å². The van der Waals surface area contributed by atoms with Crippen molar-refractivity contribution >= 4 is 36.4 Å². The van der Waals surface area contributed by atoms with Crippen LogP contribution in [0.1, 0.15) is 29.3 Å². The van der Waals surface area contributed by atoms with Gasteiger partial charge in [0.15, 0.2) is 0 Å². The quantitative estimate of drug-likeness (QED) is 0.715. The Morgan fingerprint density at radius 1 is 1.08 bits per heavy atom. The molecule has 0 bridgehead atoms. The first-order valence-corrected chi connectivity index (χ1v) is 7.95. The van der Waals surface area contributed by atoms with Gasteiger partial charge in [0.2, 0.25) is 0 Å². The van der Waals surface area contributed by atoms with Crippen LogP contribution in [-0.4, -0.2) is 30.4 Å². The minimum Gasteiger partial charge on any atom is -0.398 e. The molecule has 1 amide bonds. The number of para-hydroxylation sites is 1. The third kappa shape index (κ3) is 7.34. The maximum atomic E-state index is 12.1. The molecule has 2 rings (SSSR count). The fourth-order valence-corrected chi connectivity index (χ4v) is 2.44. The average molecular weight is 384 g/mol. The summed E-state index contributed by atoms with van der Waals surface area (Å²) < 4.78 is 0. The smallest absolute Gasteiger partial charge is 0.253 e. The van der Waals surface area contributed by atoms with Crippen LogP contribution in [0, 0.1) is 0 Å². The van der Waals surface area contributed by atoms with Crippen molar-refractivity contribution in [2.45, 2.75) is 25.9 Å². The van der Waals surface area contributed by atoms with E-state index in [4.69, 9.17) is 5.73 Å². The second kappa shape index (κ2) is 11.7. The zero-order valence-electron chi connectivity index (χ0n) is 14.6. The summed E-state index contributed by atoms with van der Waals surface area (Å²) >= 11 is 0. The van der Waals surface area contributed by atoms with E-state index in [-0.39, 0.29) is 30.7 Å². The van der Waals surface area contributed by atoms with Crippen LogP contribution in [0.15, 0.2) is 54.6 Å². The molecule has 0 aliphatic rings. The van der Waals surface area contributed by atoms with Crippen molar-refractivity contribution in [1.82, 2.24) is 10.2 Å². The number of halogens is 2. The van der Waals surface area contributed by atoms with Crippen LogP contribution in [0.25, 0.3) is 0 Å². The lowest BCUT2D eigenvalue weighted by molar-refractivity contribution is 0.0950. The average Bonchev–Trinajstić information content (AvgIpc) is 2.56. The van der Waals surface area contributed by atoms with Gasteiger partial charge in [0, 0.05) is 24.8 Å². The Morgan fingerprint density at radius 2 is 1.68 bits per heavy atom. The number of carbonyl (C=O) groups excluding carboxylic acids is 1. The largest absolute Gasteiger partial charge is 0.398 e. The Balaban J connectivity index is 0.00000288. The molecule has 1 unspecified atom stereocenters. The van der Waals surface area contributed by atoms with Crippen LogP contribution < -0.4 is 11.1 Å². The Bertz CT molecular complexity index is 638. The van der Waals surface area contributed by atoms with Crippen molar-refractivity contribution in [1.29, 1.82) is 0 Å². The van der Waals surface area contributed by atoms with Crippen LogP contribution in [0.4, 0.5) is 5.69 Å². The summed E-state index contributed by atoms with van der Waals surface area (Å²) in [6.07, 6.45) is 0.891. The van der Waals surface area contributed by atoms with Gasteiger partial charge in [-0.2, -0.15) is 0 Å². The summed E-state index contributed by atoms with van der Waals surface area (Å²) in [6, 6.07) is 17.9. The monoisotopic (exact) mass is 383 g/mol. The topological polar surface area (TPSA) is 58.4 Å². The summed E-state index contributed by atoms with van der Waals surface area (Å²) in [7, 11) is 2.11. The second-order valence-corrected chi connectivity index (χ2v) is 5.88. The van der Waals surface area contributed by atoms with Gasteiger partial charge in [-0.15, -0.1) is 24.8 Å². The highest BCUT2D eigenvalue weighted by Crippen LogP contribution is 2.11. The molecule has 25 heavy (non-hydrogen) atoms. The van der Waals surface area contributed by atoms with Gasteiger partial charge in [-0.25, -0.2) is 0 Å². The molecular formula is C19H27Cl2N3O. The molecule has 1 atom stereocenters. The summed E-state index contributed by atoms with van der Waals surface area (Å²) in [5.74, 6) is -0.110. The zero-order valence-corrected chi connectivity index (χ0v) is 16.3. The van der Waals surface area contributed by atoms with Crippen LogP contribution in [0.2, 0.25) is 0 Å². The number of nitrogen functional groups attached to an aromatic ring is 1. The summed E-state index contributed by atoms with van der Waals surface area (Å²) in [6.45, 7) is 3.71. The third-order valence-corrected chi connectivity index (χ3v) is 4.08. The molecule has 3 N–H and O–H groups in total. The summed E-state index contributed by atoms with van der Waals surface area (Å²) in [5.41, 5.74) is 8.17. The standard InChI is InChI=1S/C19H25N3O.2ClH/c1-15(22(2)14-16-8-4-3-5-9-16)12-13-21-19(23)17-10-6-7-11-18(17)20;;/h3-11,15H,12-14,20H2,1-2H3,(H,21,23);2*1H. The number of rotatable bonds is 7. The van der Waals surface area contributed by atoms with E-state index in [9.17, 15) is 4.79 Å². The molecule has 0 aromatic heterocycles. The molecule has 2 aromatic rings. The van der Waals surface area contributed by atoms with Crippen LogP contribution in [0.3, 0.4) is 0 Å². The number of nitrogens with one attached hydrogen (secondary N) is 1. The van der Waals surface area contributed by atoms with Crippen molar-refractivity contribution in [3.63, 3.8) is 0 Å². The number of hydrogen-bond donors (Lipinski definition) is 2. The minimum absolute atomic E-state index is 0. The normalized spacial score (nSPS) is 11.2. The van der Waals surface area contributed by atoms with Crippen molar-refractivity contribution in [3.8, 4) is 0 Å². The van der Waals surface area contributed by atoms with E-state index in [2.05, 4.69) is 48.5 Å². The van der Waals surface area contributed by atoms with Crippen molar-refractivity contribution in [3.05, 3.63) is 65.7 Å². The van der Waals surface area contributed by atoms with Crippen molar-refractivity contribution in [2.24, 2.45) is 0 Å². The molecule has 0 fully saturated rings. The van der Waals surface area contributed by atoms with Gasteiger partial charge >= 0.3 is 0 Å².